The molecule has 254 valence electrons. The lowest BCUT2D eigenvalue weighted by molar-refractivity contribution is 0.676. The lowest BCUT2D eigenvalue weighted by Gasteiger charge is -2.26. The second kappa shape index (κ2) is 12.9. The Morgan fingerprint density at radius 1 is 0.585 bits per heavy atom. The topological polar surface area (TPSA) is 26.2 Å². The molecule has 0 radical (unpaired) electrons. The molecule has 0 atom stereocenters. The van der Waals surface area contributed by atoms with Crippen LogP contribution in [0.15, 0.2) is 188 Å². The smallest absolute Gasteiger partial charge is 0.145 e. The summed E-state index contributed by atoms with van der Waals surface area (Å²) in [5.74, 6) is 0. The van der Waals surface area contributed by atoms with Gasteiger partial charge in [-0.2, -0.15) is 0 Å². The van der Waals surface area contributed by atoms with Crippen LogP contribution < -0.4 is 4.90 Å². The monoisotopic (exact) mass is 683 g/mol. The fourth-order valence-electron chi connectivity index (χ4n) is 7.96. The van der Waals surface area contributed by atoms with Gasteiger partial charge >= 0.3 is 0 Å². The fraction of sp³-hybridized carbons (Fsp3) is 0.0204. The SMILES string of the molecule is C=C/C=C(\C=C)N(c1ccccc1)c1ccc(-n2c3ccccc3c3c4oc5c(ccc6c5c(C=C)c(/C=C\C)n6-c5ccccc5)c4ccc32)cc1. The number of fused-ring (bicyclic) bond motifs is 9. The van der Waals surface area contributed by atoms with Crippen LogP contribution in [0.2, 0.25) is 0 Å². The van der Waals surface area contributed by atoms with E-state index in [4.69, 9.17) is 4.42 Å². The molecule has 0 spiro atoms. The van der Waals surface area contributed by atoms with Gasteiger partial charge < -0.3 is 18.5 Å². The Morgan fingerprint density at radius 3 is 1.85 bits per heavy atom. The molecule has 0 bridgehead atoms. The second-order valence-corrected chi connectivity index (χ2v) is 13.0. The average molecular weight is 684 g/mol. The molecule has 0 fully saturated rings. The van der Waals surface area contributed by atoms with Gasteiger partial charge in [0.25, 0.3) is 0 Å². The highest BCUT2D eigenvalue weighted by Gasteiger charge is 2.23. The first kappa shape index (κ1) is 31.9. The van der Waals surface area contributed by atoms with Crippen molar-refractivity contribution in [3.05, 3.63) is 194 Å². The zero-order valence-corrected chi connectivity index (χ0v) is 29.5. The van der Waals surface area contributed by atoms with Crippen molar-refractivity contribution in [2.45, 2.75) is 6.92 Å². The number of para-hydroxylation sites is 3. The van der Waals surface area contributed by atoms with E-state index in [-0.39, 0.29) is 0 Å². The molecule has 0 N–H and O–H groups in total. The van der Waals surface area contributed by atoms with Gasteiger partial charge in [0.1, 0.15) is 11.2 Å². The zero-order valence-electron chi connectivity index (χ0n) is 29.5. The van der Waals surface area contributed by atoms with Gasteiger partial charge in [0, 0.05) is 50.2 Å². The molecule has 0 amide bonds. The maximum absolute atomic E-state index is 7.09. The summed E-state index contributed by atoms with van der Waals surface area (Å²) in [4.78, 5) is 2.19. The number of allylic oxidation sites excluding steroid dienone is 4. The Balaban J connectivity index is 1.28. The maximum atomic E-state index is 7.09. The second-order valence-electron chi connectivity index (χ2n) is 13.0. The first-order valence-electron chi connectivity index (χ1n) is 17.8. The number of rotatable bonds is 9. The highest BCUT2D eigenvalue weighted by Crippen LogP contribution is 2.45. The van der Waals surface area contributed by atoms with E-state index in [0.29, 0.717) is 0 Å². The third kappa shape index (κ3) is 4.91. The molecular weight excluding hydrogens is 647 g/mol. The van der Waals surface area contributed by atoms with Crippen molar-refractivity contribution in [2.24, 2.45) is 0 Å². The highest BCUT2D eigenvalue weighted by molar-refractivity contribution is 6.26. The molecule has 9 rings (SSSR count). The Bertz CT molecular complexity index is 2930. The average Bonchev–Trinajstić information content (AvgIpc) is 3.86. The van der Waals surface area contributed by atoms with Crippen LogP contribution in [0.5, 0.6) is 0 Å². The van der Waals surface area contributed by atoms with Gasteiger partial charge in [-0.3, -0.25) is 0 Å². The maximum Gasteiger partial charge on any atom is 0.145 e. The van der Waals surface area contributed by atoms with Crippen LogP contribution >= 0.6 is 0 Å². The van der Waals surface area contributed by atoms with Gasteiger partial charge in [-0.15, -0.1) is 0 Å². The van der Waals surface area contributed by atoms with E-state index in [1.165, 1.54) is 0 Å². The minimum Gasteiger partial charge on any atom is -0.455 e. The van der Waals surface area contributed by atoms with Crippen molar-refractivity contribution in [1.29, 1.82) is 0 Å². The van der Waals surface area contributed by atoms with Crippen LogP contribution in [0.1, 0.15) is 18.2 Å². The number of benzene rings is 6. The van der Waals surface area contributed by atoms with E-state index in [9.17, 15) is 0 Å². The molecule has 9 aromatic rings. The number of hydrogen-bond donors (Lipinski definition) is 0. The molecular formula is C49H37N3O. The zero-order chi connectivity index (χ0) is 36.1. The quantitative estimate of drug-likeness (QED) is 0.142. The number of furan rings is 1. The Morgan fingerprint density at radius 2 is 1.19 bits per heavy atom. The third-order valence-corrected chi connectivity index (χ3v) is 10.1. The molecule has 3 aromatic heterocycles. The first-order valence-corrected chi connectivity index (χ1v) is 17.8. The van der Waals surface area contributed by atoms with E-state index < -0.39 is 0 Å². The molecule has 0 unspecified atom stereocenters. The minimum atomic E-state index is 0.869. The predicted molar refractivity (Wildman–Crippen MR) is 227 cm³/mol. The van der Waals surface area contributed by atoms with Gasteiger partial charge in [0.05, 0.1) is 33.0 Å². The van der Waals surface area contributed by atoms with Gasteiger partial charge in [-0.05, 0) is 104 Å². The predicted octanol–water partition coefficient (Wildman–Crippen LogP) is 13.7. The summed E-state index contributed by atoms with van der Waals surface area (Å²) in [7, 11) is 0. The van der Waals surface area contributed by atoms with Crippen LogP contribution in [0, 0.1) is 0 Å². The Hall–Kier alpha value is -7.04. The van der Waals surface area contributed by atoms with Crippen molar-refractivity contribution in [3.63, 3.8) is 0 Å². The van der Waals surface area contributed by atoms with E-state index in [1.807, 2.05) is 42.5 Å². The van der Waals surface area contributed by atoms with E-state index in [0.717, 1.165) is 94.4 Å². The van der Waals surface area contributed by atoms with Crippen LogP contribution in [0.4, 0.5) is 11.4 Å². The Labute approximate surface area is 308 Å². The number of anilines is 2. The summed E-state index contributed by atoms with van der Waals surface area (Å²) in [6.07, 6.45) is 11.8. The minimum absolute atomic E-state index is 0.869. The molecule has 4 nitrogen and oxygen atoms in total. The van der Waals surface area contributed by atoms with Gasteiger partial charge in [-0.1, -0.05) is 92.6 Å². The molecule has 0 aliphatic heterocycles. The molecule has 0 saturated heterocycles. The van der Waals surface area contributed by atoms with Crippen LogP contribution in [-0.2, 0) is 0 Å². The van der Waals surface area contributed by atoms with E-state index >= 15 is 0 Å². The number of hydrogen-bond acceptors (Lipinski definition) is 2. The van der Waals surface area contributed by atoms with Crippen molar-refractivity contribution in [1.82, 2.24) is 9.13 Å². The molecule has 3 heterocycles. The van der Waals surface area contributed by atoms with Crippen LogP contribution in [-0.4, -0.2) is 9.13 Å². The van der Waals surface area contributed by atoms with E-state index in [2.05, 4.69) is 162 Å². The largest absolute Gasteiger partial charge is 0.455 e. The summed E-state index contributed by atoms with van der Waals surface area (Å²) in [6.45, 7) is 14.4. The van der Waals surface area contributed by atoms with E-state index in [1.54, 1.807) is 6.08 Å². The summed E-state index contributed by atoms with van der Waals surface area (Å²) in [5.41, 5.74) is 12.3. The fourth-order valence-corrected chi connectivity index (χ4v) is 7.96. The molecule has 0 saturated carbocycles. The first-order chi connectivity index (χ1) is 26.2. The molecule has 53 heavy (non-hydrogen) atoms. The lowest BCUT2D eigenvalue weighted by atomic mass is 10.0. The Kier molecular flexibility index (Phi) is 7.79. The van der Waals surface area contributed by atoms with Crippen LogP contribution in [0.25, 0.3) is 78.2 Å². The summed E-state index contributed by atoms with van der Waals surface area (Å²) in [6, 6.07) is 47.0. The third-order valence-electron chi connectivity index (χ3n) is 10.1. The van der Waals surface area contributed by atoms with Gasteiger partial charge in [-0.25, -0.2) is 0 Å². The molecule has 6 aromatic carbocycles. The van der Waals surface area contributed by atoms with Crippen molar-refractivity contribution in [2.75, 3.05) is 4.90 Å². The normalized spacial score (nSPS) is 12.1. The van der Waals surface area contributed by atoms with Crippen molar-refractivity contribution < 1.29 is 4.42 Å². The van der Waals surface area contributed by atoms with Gasteiger partial charge in [0.2, 0.25) is 0 Å². The number of nitrogens with zero attached hydrogens (tertiary/aromatic N) is 3. The van der Waals surface area contributed by atoms with Gasteiger partial charge in [0.15, 0.2) is 0 Å². The molecule has 4 heteroatoms. The highest BCUT2D eigenvalue weighted by atomic mass is 16.3. The van der Waals surface area contributed by atoms with Crippen LogP contribution in [0.3, 0.4) is 0 Å². The number of aromatic nitrogens is 2. The summed E-state index contributed by atoms with van der Waals surface area (Å²) >= 11 is 0. The van der Waals surface area contributed by atoms with Crippen molar-refractivity contribution >= 4 is 78.2 Å². The standard InChI is InChI=1S/C49H37N3O/c1-5-17-33(7-3)50(34-19-11-9-12-20-34)36-25-27-37(28-26-36)52-43-24-16-15-23-41(43)47-45(52)32-30-40-39-29-31-44-46(48(39)53-49(40)47)38(8-4)42(18-6-2)51(44)35-21-13-10-14-22-35/h5-32H,1,3-4H2,2H3/b18-6-,33-17+. The van der Waals surface area contributed by atoms with Crippen molar-refractivity contribution in [3.8, 4) is 11.4 Å². The molecule has 0 aliphatic rings. The molecule has 0 aliphatic carbocycles. The summed E-state index contributed by atoms with van der Waals surface area (Å²) in [5, 5.41) is 5.47. The lowest BCUT2D eigenvalue weighted by Crippen LogP contribution is -2.14. The summed E-state index contributed by atoms with van der Waals surface area (Å²) < 4.78 is 11.7.